The summed E-state index contributed by atoms with van der Waals surface area (Å²) in [5.74, 6) is -0.653. The Labute approximate surface area is 140 Å². The number of hydrogen-bond donors (Lipinski definition) is 3. The van der Waals surface area contributed by atoms with Gasteiger partial charge >= 0.3 is 18.1 Å². The number of hydrogen-bond acceptors (Lipinski definition) is 5. The number of nitrogens with one attached hydrogen (secondary N) is 3. The molecular formula is C16H23N3O5. The minimum atomic E-state index is -0.647. The van der Waals surface area contributed by atoms with Gasteiger partial charge in [0.15, 0.2) is 0 Å². The molecule has 1 rings (SSSR count). The van der Waals surface area contributed by atoms with Crippen LogP contribution in [-0.4, -0.2) is 37.9 Å². The van der Waals surface area contributed by atoms with E-state index in [4.69, 9.17) is 4.74 Å². The first-order valence-corrected chi connectivity index (χ1v) is 7.50. The molecular weight excluding hydrogens is 314 g/mol. The van der Waals surface area contributed by atoms with Crippen molar-refractivity contribution < 1.29 is 23.9 Å². The van der Waals surface area contributed by atoms with E-state index in [9.17, 15) is 14.4 Å². The first-order valence-electron chi connectivity index (χ1n) is 7.50. The van der Waals surface area contributed by atoms with E-state index in [1.165, 1.54) is 7.11 Å². The van der Waals surface area contributed by atoms with Crippen LogP contribution in [0.4, 0.5) is 9.59 Å². The van der Waals surface area contributed by atoms with Crippen molar-refractivity contribution in [2.45, 2.75) is 26.6 Å². The summed E-state index contributed by atoms with van der Waals surface area (Å²) in [7, 11) is 1.23. The molecule has 1 atom stereocenters. The smallest absolute Gasteiger partial charge is 0.409 e. The molecule has 8 nitrogen and oxygen atoms in total. The fourth-order valence-electron chi connectivity index (χ4n) is 1.68. The van der Waals surface area contributed by atoms with Crippen molar-refractivity contribution in [3.63, 3.8) is 0 Å². The van der Waals surface area contributed by atoms with Crippen LogP contribution in [0.2, 0.25) is 0 Å². The number of alkyl carbamates (subject to hydrolysis) is 1. The van der Waals surface area contributed by atoms with Gasteiger partial charge in [0.05, 0.1) is 7.11 Å². The molecule has 3 amide bonds. The maximum Gasteiger partial charge on any atom is 0.409 e. The zero-order valence-corrected chi connectivity index (χ0v) is 14.0. The molecule has 0 aromatic heterocycles. The van der Waals surface area contributed by atoms with Crippen LogP contribution in [-0.2, 0) is 20.9 Å². The van der Waals surface area contributed by atoms with Crippen LogP contribution in [0, 0.1) is 5.92 Å². The Hall–Kier alpha value is -2.77. The van der Waals surface area contributed by atoms with Gasteiger partial charge in [-0.3, -0.25) is 4.79 Å². The molecule has 3 N–H and O–H groups in total. The van der Waals surface area contributed by atoms with Gasteiger partial charge in [0.2, 0.25) is 0 Å². The topological polar surface area (TPSA) is 106 Å². The van der Waals surface area contributed by atoms with Crippen molar-refractivity contribution in [1.82, 2.24) is 16.0 Å². The highest BCUT2D eigenvalue weighted by Crippen LogP contribution is 2.02. The second-order valence-corrected chi connectivity index (χ2v) is 5.33. The molecule has 0 spiro atoms. The molecule has 0 saturated heterocycles. The van der Waals surface area contributed by atoms with Gasteiger partial charge in [-0.25, -0.2) is 9.59 Å². The fourth-order valence-corrected chi connectivity index (χ4v) is 1.68. The van der Waals surface area contributed by atoms with E-state index in [1.807, 2.05) is 44.2 Å². The molecule has 8 heteroatoms. The molecule has 0 heterocycles. The van der Waals surface area contributed by atoms with E-state index < -0.39 is 24.3 Å². The Kier molecular flexibility index (Phi) is 8.10. The van der Waals surface area contributed by atoms with E-state index >= 15 is 0 Å². The Morgan fingerprint density at radius 3 is 2.33 bits per heavy atom. The Balaban J connectivity index is 2.42. The van der Waals surface area contributed by atoms with E-state index in [0.717, 1.165) is 5.56 Å². The molecule has 1 aromatic rings. The standard InChI is InChI=1S/C16H23N3O5/c1-11(2)14(18-15(21)17-9-13(20)23-3)19-16(22)24-10-12-7-5-4-6-8-12/h4-8,11,14H,9-10H2,1-3H3,(H,19,22)(H2,17,18,21)/t14-/m0/s1. The lowest BCUT2D eigenvalue weighted by atomic mass is 10.1. The summed E-state index contributed by atoms with van der Waals surface area (Å²) in [5, 5.41) is 7.46. The average Bonchev–Trinajstić information content (AvgIpc) is 2.58. The van der Waals surface area contributed by atoms with E-state index in [1.54, 1.807) is 0 Å². The first-order chi connectivity index (χ1) is 11.4. The van der Waals surface area contributed by atoms with Crippen LogP contribution in [0.5, 0.6) is 0 Å². The Morgan fingerprint density at radius 1 is 1.08 bits per heavy atom. The molecule has 24 heavy (non-hydrogen) atoms. The number of methoxy groups -OCH3 is 1. The molecule has 0 aliphatic carbocycles. The fraction of sp³-hybridized carbons (Fsp3) is 0.438. The van der Waals surface area contributed by atoms with Crippen LogP contribution in [0.3, 0.4) is 0 Å². The van der Waals surface area contributed by atoms with Crippen LogP contribution in [0.25, 0.3) is 0 Å². The van der Waals surface area contributed by atoms with Crippen molar-refractivity contribution in [2.24, 2.45) is 5.92 Å². The largest absolute Gasteiger partial charge is 0.468 e. The van der Waals surface area contributed by atoms with Gasteiger partial charge in [0.25, 0.3) is 0 Å². The average molecular weight is 337 g/mol. The quantitative estimate of drug-likeness (QED) is 0.515. The third-order valence-electron chi connectivity index (χ3n) is 3.06. The van der Waals surface area contributed by atoms with Crippen LogP contribution >= 0.6 is 0 Å². The van der Waals surface area contributed by atoms with Gasteiger partial charge in [-0.2, -0.15) is 0 Å². The minimum absolute atomic E-state index is 0.0850. The third kappa shape index (κ3) is 7.48. The molecule has 0 bridgehead atoms. The second-order valence-electron chi connectivity index (χ2n) is 5.33. The summed E-state index contributed by atoms with van der Waals surface area (Å²) in [6.45, 7) is 3.52. The monoisotopic (exact) mass is 337 g/mol. The zero-order valence-electron chi connectivity index (χ0n) is 14.0. The van der Waals surface area contributed by atoms with Crippen molar-refractivity contribution in [2.75, 3.05) is 13.7 Å². The highest BCUT2D eigenvalue weighted by Gasteiger charge is 2.19. The van der Waals surface area contributed by atoms with Gasteiger partial charge in [0, 0.05) is 0 Å². The number of rotatable bonds is 7. The summed E-state index contributed by atoms with van der Waals surface area (Å²) in [5.41, 5.74) is 0.859. The van der Waals surface area contributed by atoms with E-state index in [2.05, 4.69) is 20.7 Å². The molecule has 0 saturated carbocycles. The van der Waals surface area contributed by atoms with Gasteiger partial charge in [0.1, 0.15) is 19.3 Å². The third-order valence-corrected chi connectivity index (χ3v) is 3.06. The van der Waals surface area contributed by atoms with E-state index in [-0.39, 0.29) is 19.1 Å². The lowest BCUT2D eigenvalue weighted by molar-refractivity contribution is -0.139. The molecule has 0 aliphatic rings. The lowest BCUT2D eigenvalue weighted by Crippen LogP contribution is -2.54. The molecule has 132 valence electrons. The van der Waals surface area contributed by atoms with Crippen molar-refractivity contribution >= 4 is 18.1 Å². The van der Waals surface area contributed by atoms with Gasteiger partial charge in [-0.15, -0.1) is 0 Å². The highest BCUT2D eigenvalue weighted by molar-refractivity contribution is 5.81. The number of urea groups is 1. The van der Waals surface area contributed by atoms with Gasteiger partial charge in [-0.05, 0) is 11.5 Å². The van der Waals surface area contributed by atoms with Crippen LogP contribution < -0.4 is 16.0 Å². The number of benzene rings is 1. The summed E-state index contributed by atoms with van der Waals surface area (Å²) in [6.07, 6.45) is -1.29. The summed E-state index contributed by atoms with van der Waals surface area (Å²) < 4.78 is 9.53. The molecule has 0 fully saturated rings. The zero-order chi connectivity index (χ0) is 17.9. The summed E-state index contributed by atoms with van der Waals surface area (Å²) in [6, 6.07) is 8.65. The van der Waals surface area contributed by atoms with Crippen molar-refractivity contribution in [1.29, 1.82) is 0 Å². The Bertz CT molecular complexity index is 548. The summed E-state index contributed by atoms with van der Waals surface area (Å²) >= 11 is 0. The highest BCUT2D eigenvalue weighted by atomic mass is 16.5. The molecule has 0 aliphatic heterocycles. The maximum absolute atomic E-state index is 11.8. The number of esters is 1. The normalized spacial score (nSPS) is 11.3. The number of amides is 3. The Morgan fingerprint density at radius 2 is 1.75 bits per heavy atom. The SMILES string of the molecule is COC(=O)CNC(=O)N[C@@H](NC(=O)OCc1ccccc1)C(C)C. The second kappa shape index (κ2) is 10.1. The minimum Gasteiger partial charge on any atom is -0.468 e. The maximum atomic E-state index is 11.8. The van der Waals surface area contributed by atoms with Gasteiger partial charge < -0.3 is 25.4 Å². The number of carbonyl (C=O) groups is 3. The lowest BCUT2D eigenvalue weighted by Gasteiger charge is -2.23. The van der Waals surface area contributed by atoms with E-state index in [0.29, 0.717) is 0 Å². The number of carbonyl (C=O) groups excluding carboxylic acids is 3. The first kappa shape index (κ1) is 19.3. The summed E-state index contributed by atoms with van der Waals surface area (Å²) in [4.78, 5) is 34.5. The van der Waals surface area contributed by atoms with Crippen molar-refractivity contribution in [3.05, 3.63) is 35.9 Å². The van der Waals surface area contributed by atoms with Gasteiger partial charge in [-0.1, -0.05) is 44.2 Å². The van der Waals surface area contributed by atoms with Crippen LogP contribution in [0.1, 0.15) is 19.4 Å². The predicted molar refractivity (Wildman–Crippen MR) is 86.9 cm³/mol. The molecule has 0 radical (unpaired) electrons. The molecule has 1 aromatic carbocycles. The number of ether oxygens (including phenoxy) is 2. The van der Waals surface area contributed by atoms with Crippen LogP contribution in [0.15, 0.2) is 30.3 Å². The molecule has 0 unspecified atom stereocenters. The predicted octanol–water partition coefficient (Wildman–Crippen LogP) is 1.37. The van der Waals surface area contributed by atoms with Crippen molar-refractivity contribution in [3.8, 4) is 0 Å².